The van der Waals surface area contributed by atoms with Gasteiger partial charge in [-0.15, -0.1) is 0 Å². The van der Waals surface area contributed by atoms with Gasteiger partial charge in [0.25, 0.3) is 5.91 Å². The van der Waals surface area contributed by atoms with Crippen LogP contribution in [0.15, 0.2) is 24.3 Å². The summed E-state index contributed by atoms with van der Waals surface area (Å²) in [7, 11) is 1.64. The van der Waals surface area contributed by atoms with E-state index >= 15 is 0 Å². The molecule has 2 aliphatic heterocycles. The minimum absolute atomic E-state index is 0.0461. The van der Waals surface area contributed by atoms with Crippen LogP contribution in [-0.4, -0.2) is 59.6 Å². The number of hydrogen-bond donors (Lipinski definition) is 1. The summed E-state index contributed by atoms with van der Waals surface area (Å²) in [6, 6.07) is 7.81. The number of rotatable bonds is 5. The monoisotopic (exact) mass is 374 g/mol. The summed E-state index contributed by atoms with van der Waals surface area (Å²) >= 11 is 0. The number of aliphatic hydroxyl groups is 1. The average Bonchev–Trinajstić information content (AvgIpc) is 2.96. The Hall–Kier alpha value is -2.08. The van der Waals surface area contributed by atoms with Crippen molar-refractivity contribution in [1.82, 2.24) is 9.80 Å². The van der Waals surface area contributed by atoms with E-state index in [4.69, 9.17) is 4.74 Å². The average molecular weight is 374 g/mol. The lowest BCUT2D eigenvalue weighted by molar-refractivity contribution is -0.144. The maximum atomic E-state index is 12.6. The highest BCUT2D eigenvalue weighted by atomic mass is 16.5. The lowest BCUT2D eigenvalue weighted by atomic mass is 9.77. The zero-order valence-electron chi connectivity index (χ0n) is 16.5. The summed E-state index contributed by atoms with van der Waals surface area (Å²) in [6.45, 7) is 6.25. The van der Waals surface area contributed by atoms with E-state index in [2.05, 4.69) is 0 Å². The quantitative estimate of drug-likeness (QED) is 0.856. The third-order valence-corrected chi connectivity index (χ3v) is 5.93. The molecule has 0 unspecified atom stereocenters. The maximum Gasteiger partial charge on any atom is 0.251 e. The van der Waals surface area contributed by atoms with Crippen molar-refractivity contribution in [3.05, 3.63) is 29.8 Å². The van der Waals surface area contributed by atoms with E-state index in [1.807, 2.05) is 43.0 Å². The Labute approximate surface area is 161 Å². The third kappa shape index (κ3) is 4.26. The SMILES string of the molecule is COc1cccc(CN2CC3(CCN(C(=O)[C@H](O)C(C)C)CC3)CC2=O)c1. The highest BCUT2D eigenvalue weighted by Gasteiger charge is 2.45. The summed E-state index contributed by atoms with van der Waals surface area (Å²) < 4.78 is 5.26. The largest absolute Gasteiger partial charge is 0.497 e. The molecule has 2 fully saturated rings. The number of carbonyl (C=O) groups excluding carboxylic acids is 2. The number of aliphatic hydroxyl groups excluding tert-OH is 1. The summed E-state index contributed by atoms with van der Waals surface area (Å²) in [6.07, 6.45) is 1.23. The van der Waals surface area contributed by atoms with Gasteiger partial charge in [-0.1, -0.05) is 26.0 Å². The van der Waals surface area contributed by atoms with Crippen molar-refractivity contribution in [2.75, 3.05) is 26.7 Å². The molecule has 1 spiro atoms. The van der Waals surface area contributed by atoms with Gasteiger partial charge in [-0.25, -0.2) is 0 Å². The highest BCUT2D eigenvalue weighted by Crippen LogP contribution is 2.41. The Morgan fingerprint density at radius 1 is 1.30 bits per heavy atom. The molecular weight excluding hydrogens is 344 g/mol. The van der Waals surface area contributed by atoms with Crippen LogP contribution in [0, 0.1) is 11.3 Å². The zero-order chi connectivity index (χ0) is 19.6. The van der Waals surface area contributed by atoms with Crippen LogP contribution in [0.5, 0.6) is 5.75 Å². The number of amides is 2. The second-order valence-electron chi connectivity index (χ2n) is 8.29. The van der Waals surface area contributed by atoms with Gasteiger partial charge in [0, 0.05) is 38.0 Å². The van der Waals surface area contributed by atoms with Gasteiger partial charge < -0.3 is 19.6 Å². The fourth-order valence-electron chi connectivity index (χ4n) is 4.13. The van der Waals surface area contributed by atoms with Crippen LogP contribution < -0.4 is 4.74 Å². The molecule has 0 aromatic heterocycles. The molecule has 0 saturated carbocycles. The predicted octanol–water partition coefficient (Wildman–Crippen LogP) is 2.05. The fourth-order valence-corrected chi connectivity index (χ4v) is 4.13. The summed E-state index contributed by atoms with van der Waals surface area (Å²) in [5.74, 6) is 0.710. The van der Waals surface area contributed by atoms with Gasteiger partial charge in [0.15, 0.2) is 0 Å². The van der Waals surface area contributed by atoms with Crippen LogP contribution in [0.25, 0.3) is 0 Å². The van der Waals surface area contributed by atoms with Crippen LogP contribution in [-0.2, 0) is 16.1 Å². The van der Waals surface area contributed by atoms with Crippen LogP contribution >= 0.6 is 0 Å². The minimum Gasteiger partial charge on any atom is -0.497 e. The van der Waals surface area contributed by atoms with Crippen LogP contribution in [0.2, 0.25) is 0 Å². The van der Waals surface area contributed by atoms with Gasteiger partial charge in [-0.2, -0.15) is 0 Å². The van der Waals surface area contributed by atoms with E-state index in [0.29, 0.717) is 26.1 Å². The first-order valence-electron chi connectivity index (χ1n) is 9.71. The fraction of sp³-hybridized carbons (Fsp3) is 0.619. The molecular formula is C21H30N2O4. The molecule has 1 atom stereocenters. The van der Waals surface area contributed by atoms with Gasteiger partial charge in [0.05, 0.1) is 7.11 Å². The number of likely N-dealkylation sites (tertiary alicyclic amines) is 2. The number of methoxy groups -OCH3 is 1. The van der Waals surface area contributed by atoms with E-state index in [1.165, 1.54) is 0 Å². The second kappa shape index (κ2) is 7.89. The van der Waals surface area contributed by atoms with Gasteiger partial charge in [0.2, 0.25) is 5.91 Å². The molecule has 6 heteroatoms. The molecule has 1 aromatic rings. The van der Waals surface area contributed by atoms with Crippen molar-refractivity contribution < 1.29 is 19.4 Å². The molecule has 0 radical (unpaired) electrons. The zero-order valence-corrected chi connectivity index (χ0v) is 16.5. The summed E-state index contributed by atoms with van der Waals surface area (Å²) in [5, 5.41) is 10.0. The standard InChI is InChI=1S/C21H30N2O4/c1-15(2)19(25)20(26)22-9-7-21(8-10-22)12-18(24)23(14-21)13-16-5-4-6-17(11-16)27-3/h4-6,11,15,19,25H,7-10,12-14H2,1-3H3/t19-/m1/s1. The molecule has 1 aromatic carbocycles. The lowest BCUT2D eigenvalue weighted by Gasteiger charge is -2.39. The van der Waals surface area contributed by atoms with Gasteiger partial charge in [-0.05, 0) is 36.5 Å². The number of hydrogen-bond acceptors (Lipinski definition) is 4. The van der Waals surface area contributed by atoms with E-state index in [-0.39, 0.29) is 23.1 Å². The summed E-state index contributed by atoms with van der Waals surface area (Å²) in [4.78, 5) is 28.6. The van der Waals surface area contributed by atoms with Crippen molar-refractivity contribution in [1.29, 1.82) is 0 Å². The molecule has 27 heavy (non-hydrogen) atoms. The number of nitrogens with zero attached hydrogens (tertiary/aromatic N) is 2. The molecule has 6 nitrogen and oxygen atoms in total. The molecule has 0 bridgehead atoms. The second-order valence-corrected chi connectivity index (χ2v) is 8.29. The Kier molecular flexibility index (Phi) is 5.75. The predicted molar refractivity (Wildman–Crippen MR) is 102 cm³/mol. The van der Waals surface area contributed by atoms with Crippen LogP contribution in [0.3, 0.4) is 0 Å². The van der Waals surface area contributed by atoms with Gasteiger partial charge in [0.1, 0.15) is 11.9 Å². The van der Waals surface area contributed by atoms with Crippen LogP contribution in [0.1, 0.15) is 38.7 Å². The molecule has 2 aliphatic rings. The van der Waals surface area contributed by atoms with E-state index in [0.717, 1.165) is 30.7 Å². The third-order valence-electron chi connectivity index (χ3n) is 5.93. The number of benzene rings is 1. The molecule has 2 amide bonds. The number of piperidine rings is 1. The lowest BCUT2D eigenvalue weighted by Crippen LogP contribution is -2.48. The van der Waals surface area contributed by atoms with Crippen LogP contribution in [0.4, 0.5) is 0 Å². The smallest absolute Gasteiger partial charge is 0.251 e. The maximum absolute atomic E-state index is 12.6. The molecule has 1 N–H and O–H groups in total. The Morgan fingerprint density at radius 2 is 2.00 bits per heavy atom. The van der Waals surface area contributed by atoms with Crippen molar-refractivity contribution in [3.8, 4) is 5.75 Å². The van der Waals surface area contributed by atoms with E-state index in [1.54, 1.807) is 12.0 Å². The Bertz CT molecular complexity index is 695. The molecule has 3 rings (SSSR count). The molecule has 2 heterocycles. The van der Waals surface area contributed by atoms with Crippen molar-refractivity contribution >= 4 is 11.8 Å². The minimum atomic E-state index is -0.936. The Balaban J connectivity index is 1.60. The topological polar surface area (TPSA) is 70.1 Å². The van der Waals surface area contributed by atoms with Crippen molar-refractivity contribution in [2.24, 2.45) is 11.3 Å². The first-order chi connectivity index (χ1) is 12.8. The first-order valence-corrected chi connectivity index (χ1v) is 9.71. The molecule has 2 saturated heterocycles. The Morgan fingerprint density at radius 3 is 2.63 bits per heavy atom. The van der Waals surface area contributed by atoms with Gasteiger partial charge >= 0.3 is 0 Å². The first kappa shape index (κ1) is 19.7. The number of carbonyl (C=O) groups is 2. The normalized spacial score (nSPS) is 20.4. The summed E-state index contributed by atoms with van der Waals surface area (Å²) in [5.41, 5.74) is 1.02. The van der Waals surface area contributed by atoms with Crippen molar-refractivity contribution in [2.45, 2.75) is 45.8 Å². The number of ether oxygens (including phenoxy) is 1. The molecule has 0 aliphatic carbocycles. The van der Waals surface area contributed by atoms with Gasteiger partial charge in [-0.3, -0.25) is 9.59 Å². The van der Waals surface area contributed by atoms with Crippen molar-refractivity contribution in [3.63, 3.8) is 0 Å². The van der Waals surface area contributed by atoms with E-state index in [9.17, 15) is 14.7 Å². The van der Waals surface area contributed by atoms with E-state index < -0.39 is 6.10 Å². The highest BCUT2D eigenvalue weighted by molar-refractivity contribution is 5.81. The molecule has 148 valence electrons.